The van der Waals surface area contributed by atoms with Crippen molar-refractivity contribution in [3.05, 3.63) is 63.8 Å². The molecule has 190 valence electrons. The second-order valence-corrected chi connectivity index (χ2v) is 10.6. The van der Waals surface area contributed by atoms with E-state index in [-0.39, 0.29) is 29.1 Å². The van der Waals surface area contributed by atoms with Crippen molar-refractivity contribution in [3.63, 3.8) is 0 Å². The quantitative estimate of drug-likeness (QED) is 0.422. The summed E-state index contributed by atoms with van der Waals surface area (Å²) in [5, 5.41) is 12.0. The normalized spacial score (nSPS) is 20.7. The lowest BCUT2D eigenvalue weighted by Gasteiger charge is -2.32. The molecule has 0 aromatic heterocycles. The Hall–Kier alpha value is -2.59. The van der Waals surface area contributed by atoms with Gasteiger partial charge in [-0.25, -0.2) is 4.79 Å². The predicted molar refractivity (Wildman–Crippen MR) is 127 cm³/mol. The Labute approximate surface area is 210 Å². The summed E-state index contributed by atoms with van der Waals surface area (Å²) in [5.74, 6) is -1.90. The van der Waals surface area contributed by atoms with Crippen LogP contribution in [0, 0.1) is 11.3 Å². The van der Waals surface area contributed by atoms with E-state index < -0.39 is 29.7 Å². The van der Waals surface area contributed by atoms with Gasteiger partial charge in [-0.1, -0.05) is 56.7 Å². The lowest BCUT2D eigenvalue weighted by molar-refractivity contribution is -0.274. The number of amides is 1. The Morgan fingerprint density at radius 1 is 1.23 bits per heavy atom. The maximum absolute atomic E-state index is 13.2. The third-order valence-corrected chi connectivity index (χ3v) is 7.47. The summed E-state index contributed by atoms with van der Waals surface area (Å²) in [7, 11) is 0. The molecule has 11 heteroatoms. The molecule has 6 nitrogen and oxygen atoms in total. The summed E-state index contributed by atoms with van der Waals surface area (Å²) < 4.78 is 47.6. The zero-order valence-corrected chi connectivity index (χ0v) is 20.8. The summed E-state index contributed by atoms with van der Waals surface area (Å²) >= 11 is 7.51. The van der Waals surface area contributed by atoms with E-state index in [1.807, 2.05) is 13.0 Å². The average molecular weight is 532 g/mol. The standard InChI is InChI=1S/C24H25ClF3NO5S/c1-4-23(2,3)20(22(31)32)29-21(30)16-10-7-14-11-17(25)35-19(14)18(16)33-12-13-5-8-15(9-6-13)34-24(26,27)28/h5-11,14,19-20H,4,12H2,1-3H3,(H,29,30)(H,31,32). The van der Waals surface area contributed by atoms with Crippen molar-refractivity contribution >= 4 is 35.2 Å². The first-order valence-corrected chi connectivity index (χ1v) is 12.0. The molecule has 3 unspecified atom stereocenters. The molecule has 1 amide bonds. The molecule has 0 spiro atoms. The summed E-state index contributed by atoms with van der Waals surface area (Å²) in [6, 6.07) is 4.07. The first kappa shape index (κ1) is 27.0. The minimum atomic E-state index is -4.79. The fourth-order valence-corrected chi connectivity index (χ4v) is 5.15. The summed E-state index contributed by atoms with van der Waals surface area (Å²) in [5.41, 5.74) is 0.0288. The number of aliphatic carboxylic acids is 1. The molecule has 1 aromatic carbocycles. The highest BCUT2D eigenvalue weighted by molar-refractivity contribution is 8.05. The van der Waals surface area contributed by atoms with Crippen molar-refractivity contribution in [1.82, 2.24) is 5.32 Å². The van der Waals surface area contributed by atoms with E-state index in [0.717, 1.165) is 0 Å². The van der Waals surface area contributed by atoms with Crippen molar-refractivity contribution in [2.45, 2.75) is 51.5 Å². The third-order valence-electron chi connectivity index (χ3n) is 5.93. The SMILES string of the molecule is CCC(C)(C)C(NC(=O)C1=C(OCc2ccc(OC(F)(F)F)cc2)C2SC(Cl)=CC2C=C1)C(=O)O. The van der Waals surface area contributed by atoms with Gasteiger partial charge in [0.25, 0.3) is 5.91 Å². The largest absolute Gasteiger partial charge is 0.573 e. The van der Waals surface area contributed by atoms with Crippen molar-refractivity contribution in [3.8, 4) is 5.75 Å². The summed E-state index contributed by atoms with van der Waals surface area (Å²) in [4.78, 5) is 25.1. The Bertz CT molecular complexity index is 1070. The van der Waals surface area contributed by atoms with Crippen LogP contribution in [0.25, 0.3) is 0 Å². The van der Waals surface area contributed by atoms with E-state index in [1.54, 1.807) is 26.0 Å². The number of nitrogens with one attached hydrogen (secondary N) is 1. The van der Waals surface area contributed by atoms with Gasteiger partial charge in [0.05, 0.1) is 15.2 Å². The number of thioether (sulfide) groups is 1. The number of fused-ring (bicyclic) bond motifs is 1. The van der Waals surface area contributed by atoms with E-state index in [0.29, 0.717) is 22.1 Å². The summed E-state index contributed by atoms with van der Waals surface area (Å²) in [6.45, 7) is 5.33. The first-order valence-electron chi connectivity index (χ1n) is 10.8. The summed E-state index contributed by atoms with van der Waals surface area (Å²) in [6.07, 6.45) is 0.946. The number of benzene rings is 1. The second kappa shape index (κ2) is 10.6. The van der Waals surface area contributed by atoms with Crippen LogP contribution in [-0.2, 0) is 20.9 Å². The van der Waals surface area contributed by atoms with Gasteiger partial charge in [-0.05, 0) is 35.6 Å². The van der Waals surface area contributed by atoms with Crippen LogP contribution in [0.15, 0.2) is 58.2 Å². The van der Waals surface area contributed by atoms with E-state index in [4.69, 9.17) is 16.3 Å². The number of carboxylic acid groups (broad SMARTS) is 1. The zero-order valence-electron chi connectivity index (χ0n) is 19.2. The van der Waals surface area contributed by atoms with Crippen LogP contribution in [0.3, 0.4) is 0 Å². The van der Waals surface area contributed by atoms with Crippen LogP contribution in [0.1, 0.15) is 32.8 Å². The molecule has 35 heavy (non-hydrogen) atoms. The van der Waals surface area contributed by atoms with Gasteiger partial charge in [-0.2, -0.15) is 0 Å². The van der Waals surface area contributed by atoms with Crippen molar-refractivity contribution in [2.75, 3.05) is 0 Å². The molecule has 1 aliphatic heterocycles. The highest BCUT2D eigenvalue weighted by Gasteiger charge is 2.39. The number of ether oxygens (including phenoxy) is 2. The maximum atomic E-state index is 13.2. The second-order valence-electron chi connectivity index (χ2n) is 8.79. The topological polar surface area (TPSA) is 84.9 Å². The molecule has 0 fully saturated rings. The van der Waals surface area contributed by atoms with E-state index >= 15 is 0 Å². The van der Waals surface area contributed by atoms with Crippen LogP contribution in [0.4, 0.5) is 13.2 Å². The average Bonchev–Trinajstić information content (AvgIpc) is 3.15. The van der Waals surface area contributed by atoms with Crippen LogP contribution in [0.2, 0.25) is 0 Å². The van der Waals surface area contributed by atoms with Gasteiger partial charge in [0.2, 0.25) is 0 Å². The van der Waals surface area contributed by atoms with Gasteiger partial charge in [0.1, 0.15) is 24.2 Å². The lowest BCUT2D eigenvalue weighted by Crippen LogP contribution is -2.50. The van der Waals surface area contributed by atoms with E-state index in [1.165, 1.54) is 36.0 Å². The Morgan fingerprint density at radius 2 is 1.89 bits per heavy atom. The lowest BCUT2D eigenvalue weighted by atomic mass is 9.81. The van der Waals surface area contributed by atoms with Crippen LogP contribution in [0.5, 0.6) is 5.75 Å². The fraction of sp³-hybridized carbons (Fsp3) is 0.417. The highest BCUT2D eigenvalue weighted by Crippen LogP contribution is 2.46. The Kier molecular flexibility index (Phi) is 8.16. The third kappa shape index (κ3) is 6.76. The molecule has 0 saturated carbocycles. The zero-order chi connectivity index (χ0) is 26.0. The van der Waals surface area contributed by atoms with Crippen molar-refractivity contribution < 1.29 is 37.3 Å². The molecule has 3 rings (SSSR count). The molecular formula is C24H25ClF3NO5S. The molecule has 3 atom stereocenters. The van der Waals surface area contributed by atoms with Gasteiger partial charge in [-0.15, -0.1) is 24.9 Å². The molecule has 2 N–H and O–H groups in total. The number of hydrogen-bond acceptors (Lipinski definition) is 5. The molecule has 1 heterocycles. The molecule has 2 aliphatic rings. The number of carbonyl (C=O) groups is 2. The highest BCUT2D eigenvalue weighted by atomic mass is 35.5. The van der Waals surface area contributed by atoms with Gasteiger partial charge < -0.3 is 19.9 Å². The maximum Gasteiger partial charge on any atom is 0.573 e. The molecule has 0 saturated heterocycles. The number of alkyl halides is 3. The van der Waals surface area contributed by atoms with Crippen molar-refractivity contribution in [2.24, 2.45) is 11.3 Å². The van der Waals surface area contributed by atoms with Gasteiger partial charge in [-0.3, -0.25) is 4.79 Å². The minimum Gasteiger partial charge on any atom is -0.491 e. The van der Waals surface area contributed by atoms with Crippen molar-refractivity contribution in [1.29, 1.82) is 0 Å². The number of rotatable bonds is 9. The number of halogens is 4. The van der Waals surface area contributed by atoms with Gasteiger partial charge >= 0.3 is 12.3 Å². The molecule has 1 aromatic rings. The van der Waals surface area contributed by atoms with Crippen LogP contribution < -0.4 is 10.1 Å². The van der Waals surface area contributed by atoms with Gasteiger partial charge in [0, 0.05) is 5.92 Å². The van der Waals surface area contributed by atoms with Crippen LogP contribution >= 0.6 is 23.4 Å². The molecule has 0 radical (unpaired) electrons. The number of hydrogen-bond donors (Lipinski definition) is 2. The monoisotopic (exact) mass is 531 g/mol. The van der Waals surface area contributed by atoms with E-state index in [2.05, 4.69) is 10.1 Å². The minimum absolute atomic E-state index is 0.0313. The Morgan fingerprint density at radius 3 is 2.46 bits per heavy atom. The Balaban J connectivity index is 1.83. The molecule has 1 aliphatic carbocycles. The molecular weight excluding hydrogens is 507 g/mol. The van der Waals surface area contributed by atoms with Gasteiger partial charge in [0.15, 0.2) is 0 Å². The number of carbonyl (C=O) groups excluding carboxylic acids is 1. The number of allylic oxidation sites excluding steroid dienone is 2. The fourth-order valence-electron chi connectivity index (χ4n) is 3.61. The predicted octanol–water partition coefficient (Wildman–Crippen LogP) is 5.74. The number of carboxylic acids is 1. The van der Waals surface area contributed by atoms with E-state index in [9.17, 15) is 27.9 Å². The smallest absolute Gasteiger partial charge is 0.491 e. The van der Waals surface area contributed by atoms with Crippen LogP contribution in [-0.4, -0.2) is 34.6 Å². The molecule has 0 bridgehead atoms. The first-order chi connectivity index (χ1) is 16.3.